The van der Waals surface area contributed by atoms with Gasteiger partial charge in [0.15, 0.2) is 0 Å². The number of benzene rings is 1. The summed E-state index contributed by atoms with van der Waals surface area (Å²) in [6, 6.07) is 4.98. The number of ether oxygens (including phenoxy) is 1. The summed E-state index contributed by atoms with van der Waals surface area (Å²) in [7, 11) is 0. The van der Waals surface area contributed by atoms with Crippen molar-refractivity contribution in [1.82, 2.24) is 15.3 Å². The van der Waals surface area contributed by atoms with Crippen molar-refractivity contribution >= 4 is 17.7 Å². The van der Waals surface area contributed by atoms with Crippen LogP contribution >= 0.6 is 0 Å². The number of aromatic nitrogens is 2. The predicted octanol–water partition coefficient (Wildman–Crippen LogP) is 4.11. The number of hydrogen-bond acceptors (Lipinski definition) is 7. The molecule has 2 aromatic rings. The molecule has 1 saturated carbocycles. The Morgan fingerprint density at radius 1 is 1.17 bits per heavy atom. The molecule has 0 unspecified atom stereocenters. The maximum Gasteiger partial charge on any atom is 0.345 e. The molecule has 192 valence electrons. The zero-order valence-electron chi connectivity index (χ0n) is 19.8. The van der Waals surface area contributed by atoms with Crippen molar-refractivity contribution in [2.75, 3.05) is 23.8 Å². The van der Waals surface area contributed by atoms with Crippen LogP contribution in [-0.2, 0) is 4.74 Å². The normalized spacial score (nSPS) is 19.7. The monoisotopic (exact) mass is 495 g/mol. The molecule has 4 N–H and O–H groups in total. The number of rotatable bonds is 11. The van der Waals surface area contributed by atoms with Crippen molar-refractivity contribution in [3.05, 3.63) is 47.4 Å². The van der Waals surface area contributed by atoms with Crippen LogP contribution in [0.3, 0.4) is 0 Å². The molecule has 1 fully saturated rings. The number of alkyl halides is 2. The van der Waals surface area contributed by atoms with Crippen molar-refractivity contribution in [1.29, 1.82) is 0 Å². The number of anilines is 2. The van der Waals surface area contributed by atoms with Crippen molar-refractivity contribution < 1.29 is 27.8 Å². The summed E-state index contributed by atoms with van der Waals surface area (Å²) in [4.78, 5) is 21.6. The highest BCUT2D eigenvalue weighted by Crippen LogP contribution is 2.25. The van der Waals surface area contributed by atoms with Gasteiger partial charge >= 0.3 is 6.61 Å². The molecule has 0 bridgehead atoms. The van der Waals surface area contributed by atoms with E-state index in [2.05, 4.69) is 30.7 Å². The first-order valence-corrected chi connectivity index (χ1v) is 11.7. The van der Waals surface area contributed by atoms with E-state index in [9.17, 15) is 23.1 Å². The number of aliphatic hydroxyl groups is 1. The van der Waals surface area contributed by atoms with E-state index in [1.165, 1.54) is 18.3 Å². The Balaban J connectivity index is 1.73. The maximum atomic E-state index is 13.2. The first-order valence-electron chi connectivity index (χ1n) is 11.7. The van der Waals surface area contributed by atoms with Crippen molar-refractivity contribution in [2.24, 2.45) is 5.92 Å². The van der Waals surface area contributed by atoms with Crippen LogP contribution in [0.5, 0.6) is 0 Å². The molecule has 0 aliphatic heterocycles. The van der Waals surface area contributed by atoms with Crippen LogP contribution in [0.15, 0.2) is 30.5 Å². The number of carbonyl (C=O) groups is 1. The highest BCUT2D eigenvalue weighted by Gasteiger charge is 2.22. The topological polar surface area (TPSA) is 108 Å². The number of carbonyl (C=O) groups excluding carboxylic acids is 1. The molecule has 2 atom stereocenters. The van der Waals surface area contributed by atoms with Gasteiger partial charge < -0.3 is 25.8 Å². The van der Waals surface area contributed by atoms with E-state index in [0.717, 1.165) is 31.2 Å². The molecule has 35 heavy (non-hydrogen) atoms. The second-order valence-electron chi connectivity index (χ2n) is 8.90. The minimum atomic E-state index is -2.87. The quantitative estimate of drug-likeness (QED) is 0.372. The third-order valence-electron chi connectivity index (χ3n) is 5.97. The number of aliphatic hydroxyl groups excluding tert-OH is 1. The first kappa shape index (κ1) is 26.7. The van der Waals surface area contributed by atoms with Crippen LogP contribution in [0.1, 0.15) is 61.5 Å². The van der Waals surface area contributed by atoms with Gasteiger partial charge in [0.25, 0.3) is 5.91 Å². The molecule has 1 aliphatic carbocycles. The molecule has 1 aliphatic rings. The van der Waals surface area contributed by atoms with Crippen LogP contribution in [0, 0.1) is 11.7 Å². The average molecular weight is 496 g/mol. The lowest BCUT2D eigenvalue weighted by Crippen LogP contribution is -2.30. The van der Waals surface area contributed by atoms with E-state index in [1.54, 1.807) is 26.0 Å². The summed E-state index contributed by atoms with van der Waals surface area (Å²) in [6.07, 6.45) is 4.27. The molecule has 0 spiro atoms. The van der Waals surface area contributed by atoms with E-state index in [1.807, 2.05) is 0 Å². The lowest BCUT2D eigenvalue weighted by Gasteiger charge is -2.26. The smallest absolute Gasteiger partial charge is 0.345 e. The van der Waals surface area contributed by atoms with Crippen LogP contribution in [0.25, 0.3) is 0 Å². The fourth-order valence-electron chi connectivity index (χ4n) is 3.93. The van der Waals surface area contributed by atoms with Crippen molar-refractivity contribution in [3.63, 3.8) is 0 Å². The van der Waals surface area contributed by atoms with Gasteiger partial charge in [-0.15, -0.1) is 0 Å². The molecule has 3 rings (SSSR count). The summed E-state index contributed by atoms with van der Waals surface area (Å²) in [5.74, 6) is 0.0133. The molecule has 1 amide bonds. The Morgan fingerprint density at radius 3 is 2.51 bits per heavy atom. The van der Waals surface area contributed by atoms with Gasteiger partial charge in [0.1, 0.15) is 17.2 Å². The second-order valence-corrected chi connectivity index (χ2v) is 8.90. The summed E-state index contributed by atoms with van der Waals surface area (Å²) < 4.78 is 42.2. The van der Waals surface area contributed by atoms with Gasteiger partial charge in [-0.05, 0) is 63.1 Å². The molecular weight excluding hydrogens is 463 g/mol. The SMILES string of the molecule is C[C@H](NC(=O)c1cnc(N[C@@H](C)COC(F)F)nc1NCC1CCC(O)CC1)c1ccc(F)cc1. The molecular formula is C24H32F3N5O3. The van der Waals surface area contributed by atoms with Crippen LogP contribution in [-0.4, -0.2) is 52.9 Å². The van der Waals surface area contributed by atoms with Gasteiger partial charge in [0.05, 0.1) is 18.8 Å². The third-order valence-corrected chi connectivity index (χ3v) is 5.97. The maximum absolute atomic E-state index is 13.2. The Kier molecular flexibility index (Phi) is 9.67. The predicted molar refractivity (Wildman–Crippen MR) is 126 cm³/mol. The number of amides is 1. The summed E-state index contributed by atoms with van der Waals surface area (Å²) in [6.45, 7) is 0.872. The Labute approximate surface area is 202 Å². The largest absolute Gasteiger partial charge is 0.393 e. The summed E-state index contributed by atoms with van der Waals surface area (Å²) in [5, 5.41) is 18.7. The highest BCUT2D eigenvalue weighted by molar-refractivity contribution is 5.98. The van der Waals surface area contributed by atoms with Gasteiger partial charge in [-0.25, -0.2) is 9.37 Å². The molecule has 11 heteroatoms. The van der Waals surface area contributed by atoms with E-state index in [4.69, 9.17) is 0 Å². The Hall–Kier alpha value is -2.92. The summed E-state index contributed by atoms with van der Waals surface area (Å²) in [5.41, 5.74) is 0.957. The van der Waals surface area contributed by atoms with Crippen LogP contribution in [0.2, 0.25) is 0 Å². The molecule has 0 radical (unpaired) electrons. The molecule has 1 heterocycles. The molecule has 0 saturated heterocycles. The van der Waals surface area contributed by atoms with Gasteiger partial charge in [-0.2, -0.15) is 13.8 Å². The lowest BCUT2D eigenvalue weighted by atomic mass is 9.87. The van der Waals surface area contributed by atoms with Gasteiger partial charge in [-0.1, -0.05) is 12.1 Å². The van der Waals surface area contributed by atoms with Crippen molar-refractivity contribution in [3.8, 4) is 0 Å². The van der Waals surface area contributed by atoms with Gasteiger partial charge in [0.2, 0.25) is 5.95 Å². The number of halogens is 3. The zero-order chi connectivity index (χ0) is 25.4. The Morgan fingerprint density at radius 2 is 1.86 bits per heavy atom. The first-order chi connectivity index (χ1) is 16.7. The second kappa shape index (κ2) is 12.7. The van der Waals surface area contributed by atoms with Gasteiger partial charge in [-0.3, -0.25) is 4.79 Å². The van der Waals surface area contributed by atoms with E-state index < -0.39 is 18.6 Å². The standard InChI is InChI=1S/C24H32F3N5O3/c1-14(13-35-23(26)27)30-24-29-12-20(21(32-24)28-11-16-3-9-19(33)10-4-16)22(34)31-15(2)17-5-7-18(25)8-6-17/h5-8,12,14-16,19,23,33H,3-4,9-11,13H2,1-2H3,(H,31,34)(H2,28,29,30,32)/t14-,15-,16?,19?/m0/s1. The minimum absolute atomic E-state index is 0.167. The van der Waals surface area contributed by atoms with Crippen LogP contribution in [0.4, 0.5) is 24.9 Å². The number of hydrogen-bond donors (Lipinski definition) is 4. The van der Waals surface area contributed by atoms with Crippen LogP contribution < -0.4 is 16.0 Å². The fourth-order valence-corrected chi connectivity index (χ4v) is 3.93. The summed E-state index contributed by atoms with van der Waals surface area (Å²) >= 11 is 0. The van der Waals surface area contributed by atoms with Gasteiger partial charge in [0, 0.05) is 18.8 Å². The lowest BCUT2D eigenvalue weighted by molar-refractivity contribution is -0.130. The average Bonchev–Trinajstić information content (AvgIpc) is 2.83. The van der Waals surface area contributed by atoms with E-state index >= 15 is 0 Å². The minimum Gasteiger partial charge on any atom is -0.393 e. The molecule has 1 aromatic carbocycles. The zero-order valence-corrected chi connectivity index (χ0v) is 19.8. The third kappa shape index (κ3) is 8.36. The number of nitrogens with zero attached hydrogens (tertiary/aromatic N) is 2. The molecule has 1 aromatic heterocycles. The number of nitrogens with one attached hydrogen (secondary N) is 3. The fraction of sp³-hybridized carbons (Fsp3) is 0.542. The van der Waals surface area contributed by atoms with Crippen molar-refractivity contribution in [2.45, 2.75) is 64.3 Å². The Bertz CT molecular complexity index is 956. The van der Waals surface area contributed by atoms with E-state index in [-0.39, 0.29) is 36.1 Å². The van der Waals surface area contributed by atoms with E-state index in [0.29, 0.717) is 18.3 Å². The molecule has 8 nitrogen and oxygen atoms in total. The highest BCUT2D eigenvalue weighted by atomic mass is 19.3.